The second-order valence-corrected chi connectivity index (χ2v) is 11.8. The van der Waals surface area contributed by atoms with Crippen LogP contribution in [0.4, 0.5) is 0 Å². The minimum absolute atomic E-state index is 1.01. The van der Waals surface area contributed by atoms with Crippen LogP contribution in [0.1, 0.15) is 0 Å². The number of imidazole rings is 1. The molecule has 190 valence electrons. The lowest BCUT2D eigenvalue weighted by molar-refractivity contribution is 1.18. The Morgan fingerprint density at radius 1 is 0.463 bits per heavy atom. The number of benzene rings is 6. The van der Waals surface area contributed by atoms with Gasteiger partial charge in [-0.25, -0.2) is 4.98 Å². The summed E-state index contributed by atoms with van der Waals surface area (Å²) in [6, 6.07) is 46.0. The summed E-state index contributed by atoms with van der Waals surface area (Å²) in [6.45, 7) is 0. The molecule has 0 aliphatic heterocycles. The van der Waals surface area contributed by atoms with E-state index in [0.717, 1.165) is 16.7 Å². The lowest BCUT2D eigenvalue weighted by Gasteiger charge is -2.12. The van der Waals surface area contributed by atoms with Crippen LogP contribution in [0.15, 0.2) is 127 Å². The molecular weight excluding hydrogens is 518 g/mol. The Balaban J connectivity index is 1.57. The van der Waals surface area contributed by atoms with E-state index in [2.05, 4.69) is 136 Å². The second-order valence-electron chi connectivity index (χ2n) is 10.8. The molecule has 0 spiro atoms. The topological polar surface area (TPSA) is 22.2 Å². The van der Waals surface area contributed by atoms with Crippen molar-refractivity contribution in [2.24, 2.45) is 0 Å². The second kappa shape index (κ2) is 7.72. The summed E-state index contributed by atoms with van der Waals surface area (Å²) in [6.07, 6.45) is 0. The van der Waals surface area contributed by atoms with Crippen LogP contribution in [0.3, 0.4) is 0 Å². The molecule has 41 heavy (non-hydrogen) atoms. The smallest absolute Gasteiger partial charge is 0.146 e. The van der Waals surface area contributed by atoms with Crippen LogP contribution in [0.5, 0.6) is 0 Å². The number of pyridine rings is 1. The van der Waals surface area contributed by atoms with E-state index < -0.39 is 0 Å². The minimum Gasteiger partial charge on any atom is -0.309 e. The molecule has 4 heterocycles. The van der Waals surface area contributed by atoms with Crippen molar-refractivity contribution in [2.45, 2.75) is 0 Å². The van der Waals surface area contributed by atoms with Crippen LogP contribution in [-0.4, -0.2) is 14.0 Å². The molecule has 0 fully saturated rings. The average molecular weight is 540 g/mol. The third-order valence-corrected chi connectivity index (χ3v) is 9.87. The molecule has 0 bridgehead atoms. The minimum atomic E-state index is 1.01. The zero-order valence-electron chi connectivity index (χ0n) is 21.9. The van der Waals surface area contributed by atoms with Gasteiger partial charge in [-0.15, -0.1) is 11.3 Å². The standard InChI is InChI=1S/C37H21N3S/c1-2-10-22(11-3-1)39-28-15-7-4-13-25(28)33-30(39)21-19-26-34(33)35-31(40-29-16-8-6-14-27(29)38-37(26)40)20-18-24-23-12-5-9-17-32(23)41-36(24)35/h1-21H. The van der Waals surface area contributed by atoms with E-state index in [1.807, 2.05) is 11.3 Å². The van der Waals surface area contributed by atoms with Crippen molar-refractivity contribution in [2.75, 3.05) is 0 Å². The third kappa shape index (κ3) is 2.70. The number of hydrogen-bond acceptors (Lipinski definition) is 2. The van der Waals surface area contributed by atoms with Gasteiger partial charge < -0.3 is 4.57 Å². The molecule has 10 rings (SSSR count). The highest BCUT2D eigenvalue weighted by Crippen LogP contribution is 2.46. The molecule has 0 aliphatic carbocycles. The van der Waals surface area contributed by atoms with Gasteiger partial charge in [-0.2, -0.15) is 0 Å². The van der Waals surface area contributed by atoms with Gasteiger partial charge in [0.25, 0.3) is 0 Å². The summed E-state index contributed by atoms with van der Waals surface area (Å²) in [4.78, 5) is 5.23. The van der Waals surface area contributed by atoms with Gasteiger partial charge in [0.1, 0.15) is 5.65 Å². The van der Waals surface area contributed by atoms with Crippen molar-refractivity contribution in [3.63, 3.8) is 0 Å². The first-order valence-electron chi connectivity index (χ1n) is 13.9. The first-order valence-corrected chi connectivity index (χ1v) is 14.7. The van der Waals surface area contributed by atoms with Gasteiger partial charge in [-0.1, -0.05) is 72.8 Å². The van der Waals surface area contributed by atoms with Crippen LogP contribution in [0, 0.1) is 0 Å². The number of rotatable bonds is 1. The fourth-order valence-corrected chi connectivity index (χ4v) is 8.27. The summed E-state index contributed by atoms with van der Waals surface area (Å²) in [5.41, 5.74) is 7.96. The van der Waals surface area contributed by atoms with Crippen LogP contribution in [-0.2, 0) is 0 Å². The number of hydrogen-bond donors (Lipinski definition) is 0. The Hall–Kier alpha value is -5.19. The molecule has 0 saturated heterocycles. The molecule has 0 unspecified atom stereocenters. The van der Waals surface area contributed by atoms with Gasteiger partial charge in [-0.3, -0.25) is 4.40 Å². The van der Waals surface area contributed by atoms with E-state index >= 15 is 0 Å². The van der Waals surface area contributed by atoms with Crippen LogP contribution < -0.4 is 0 Å². The van der Waals surface area contributed by atoms with E-state index in [1.165, 1.54) is 69.3 Å². The molecular formula is C37H21N3S. The summed E-state index contributed by atoms with van der Waals surface area (Å²) < 4.78 is 7.43. The molecule has 0 amide bonds. The van der Waals surface area contributed by atoms with Crippen molar-refractivity contribution >= 4 is 91.7 Å². The van der Waals surface area contributed by atoms with Crippen LogP contribution >= 0.6 is 11.3 Å². The Kier molecular flexibility index (Phi) is 4.07. The summed E-state index contributed by atoms with van der Waals surface area (Å²) in [5.74, 6) is 0. The number of aromatic nitrogens is 3. The quantitative estimate of drug-likeness (QED) is 0.190. The summed E-state index contributed by atoms with van der Waals surface area (Å²) in [5, 5.41) is 8.94. The van der Waals surface area contributed by atoms with E-state index in [-0.39, 0.29) is 0 Å². The molecule has 0 radical (unpaired) electrons. The predicted molar refractivity (Wildman–Crippen MR) is 175 cm³/mol. The molecule has 0 saturated carbocycles. The van der Waals surface area contributed by atoms with Gasteiger partial charge >= 0.3 is 0 Å². The normalized spacial score (nSPS) is 12.4. The van der Waals surface area contributed by atoms with Crippen LogP contribution in [0.2, 0.25) is 0 Å². The fraction of sp³-hybridized carbons (Fsp3) is 0. The van der Waals surface area contributed by atoms with E-state index in [4.69, 9.17) is 4.98 Å². The maximum Gasteiger partial charge on any atom is 0.146 e. The highest BCUT2D eigenvalue weighted by atomic mass is 32.1. The summed E-state index contributed by atoms with van der Waals surface area (Å²) >= 11 is 1.90. The van der Waals surface area contributed by atoms with E-state index in [9.17, 15) is 0 Å². The zero-order valence-corrected chi connectivity index (χ0v) is 22.7. The Labute approximate surface area is 238 Å². The first-order chi connectivity index (χ1) is 20.4. The predicted octanol–water partition coefficient (Wildman–Crippen LogP) is 10.3. The Bertz CT molecular complexity index is 2690. The van der Waals surface area contributed by atoms with Crippen molar-refractivity contribution in [1.29, 1.82) is 0 Å². The summed E-state index contributed by atoms with van der Waals surface area (Å²) in [7, 11) is 0. The lowest BCUT2D eigenvalue weighted by atomic mass is 9.98. The Morgan fingerprint density at radius 2 is 1.17 bits per heavy atom. The number of nitrogens with zero attached hydrogens (tertiary/aromatic N) is 3. The number of thiophene rings is 1. The number of fused-ring (bicyclic) bond motifs is 16. The monoisotopic (exact) mass is 539 g/mol. The van der Waals surface area contributed by atoms with E-state index in [1.54, 1.807) is 0 Å². The van der Waals surface area contributed by atoms with E-state index in [0.29, 0.717) is 0 Å². The fourth-order valence-electron chi connectivity index (χ4n) is 7.02. The van der Waals surface area contributed by atoms with Gasteiger partial charge in [0, 0.05) is 52.8 Å². The number of para-hydroxylation sites is 4. The van der Waals surface area contributed by atoms with Crippen molar-refractivity contribution < 1.29 is 0 Å². The van der Waals surface area contributed by atoms with Gasteiger partial charge in [0.15, 0.2) is 0 Å². The molecule has 0 atom stereocenters. The highest BCUT2D eigenvalue weighted by Gasteiger charge is 2.22. The van der Waals surface area contributed by atoms with Crippen molar-refractivity contribution in [3.8, 4) is 5.69 Å². The molecule has 4 aromatic heterocycles. The average Bonchev–Trinajstić information content (AvgIpc) is 3.71. The molecule has 6 aromatic carbocycles. The highest BCUT2D eigenvalue weighted by molar-refractivity contribution is 7.26. The van der Waals surface area contributed by atoms with Gasteiger partial charge in [-0.05, 0) is 54.6 Å². The zero-order chi connectivity index (χ0) is 26.7. The van der Waals surface area contributed by atoms with Crippen molar-refractivity contribution in [1.82, 2.24) is 14.0 Å². The first kappa shape index (κ1) is 21.6. The molecule has 10 aromatic rings. The SMILES string of the molecule is c1ccc(-n2c3ccccc3c3c4c(ccc32)c2nc3ccccc3n2c2ccc3c5ccccc5sc3c42)cc1. The van der Waals surface area contributed by atoms with Crippen molar-refractivity contribution in [3.05, 3.63) is 127 Å². The lowest BCUT2D eigenvalue weighted by Crippen LogP contribution is -1.94. The third-order valence-electron chi connectivity index (χ3n) is 8.67. The molecule has 4 heteroatoms. The van der Waals surface area contributed by atoms with Crippen LogP contribution in [0.25, 0.3) is 86.0 Å². The van der Waals surface area contributed by atoms with Gasteiger partial charge in [0.2, 0.25) is 0 Å². The molecule has 0 N–H and O–H groups in total. The maximum absolute atomic E-state index is 5.23. The molecule has 3 nitrogen and oxygen atoms in total. The Morgan fingerprint density at radius 3 is 2.07 bits per heavy atom. The maximum atomic E-state index is 5.23. The molecule has 0 aliphatic rings. The largest absolute Gasteiger partial charge is 0.309 e. The van der Waals surface area contributed by atoms with Gasteiger partial charge in [0.05, 0.1) is 27.6 Å².